The van der Waals surface area contributed by atoms with Crippen LogP contribution in [0.3, 0.4) is 0 Å². The Labute approximate surface area is 135 Å². The van der Waals surface area contributed by atoms with Gasteiger partial charge in [0.05, 0.1) is 5.69 Å². The SMILES string of the molecule is Cc1cccc(NC(=S)Nc2c(F)cc(F)cc2Br)c1C. The van der Waals surface area contributed by atoms with Crippen molar-refractivity contribution in [2.45, 2.75) is 13.8 Å². The lowest BCUT2D eigenvalue weighted by Crippen LogP contribution is -2.20. The number of thiocarbonyl (C=S) groups is 1. The van der Waals surface area contributed by atoms with Gasteiger partial charge in [-0.15, -0.1) is 0 Å². The molecule has 0 aliphatic rings. The highest BCUT2D eigenvalue weighted by molar-refractivity contribution is 9.10. The number of hydrogen-bond donors (Lipinski definition) is 2. The first kappa shape index (κ1) is 15.9. The van der Waals surface area contributed by atoms with Crippen LogP contribution in [0.2, 0.25) is 0 Å². The molecule has 110 valence electrons. The fourth-order valence-corrected chi connectivity index (χ4v) is 2.53. The van der Waals surface area contributed by atoms with E-state index in [1.807, 2.05) is 32.0 Å². The third kappa shape index (κ3) is 3.77. The maximum Gasteiger partial charge on any atom is 0.175 e. The predicted octanol–water partition coefficient (Wildman–Crippen LogP) is 5.15. The molecule has 0 aliphatic heterocycles. The normalized spacial score (nSPS) is 10.3. The summed E-state index contributed by atoms with van der Waals surface area (Å²) < 4.78 is 27.0. The summed E-state index contributed by atoms with van der Waals surface area (Å²) in [5.41, 5.74) is 3.11. The van der Waals surface area contributed by atoms with Crippen molar-refractivity contribution in [2.24, 2.45) is 0 Å². The predicted molar refractivity (Wildman–Crippen MR) is 89.8 cm³/mol. The Morgan fingerprint density at radius 1 is 1.14 bits per heavy atom. The lowest BCUT2D eigenvalue weighted by molar-refractivity contribution is 0.585. The van der Waals surface area contributed by atoms with Crippen molar-refractivity contribution in [3.63, 3.8) is 0 Å². The van der Waals surface area contributed by atoms with E-state index in [0.717, 1.165) is 22.9 Å². The first-order valence-electron chi connectivity index (χ1n) is 6.17. The van der Waals surface area contributed by atoms with Gasteiger partial charge in [0, 0.05) is 16.2 Å². The van der Waals surface area contributed by atoms with Crippen molar-refractivity contribution in [1.29, 1.82) is 0 Å². The van der Waals surface area contributed by atoms with Crippen LogP contribution in [0.4, 0.5) is 20.2 Å². The Morgan fingerprint density at radius 3 is 2.52 bits per heavy atom. The third-order valence-corrected chi connectivity index (χ3v) is 3.93. The molecular weight excluding hydrogens is 358 g/mol. The van der Waals surface area contributed by atoms with Gasteiger partial charge in [0.2, 0.25) is 0 Å². The van der Waals surface area contributed by atoms with E-state index in [1.165, 1.54) is 6.07 Å². The smallest absolute Gasteiger partial charge is 0.175 e. The van der Waals surface area contributed by atoms with Crippen LogP contribution in [0.5, 0.6) is 0 Å². The monoisotopic (exact) mass is 370 g/mol. The molecule has 0 saturated carbocycles. The van der Waals surface area contributed by atoms with E-state index in [1.54, 1.807) is 0 Å². The molecule has 0 spiro atoms. The lowest BCUT2D eigenvalue weighted by Gasteiger charge is -2.15. The second-order valence-corrected chi connectivity index (χ2v) is 5.83. The van der Waals surface area contributed by atoms with E-state index >= 15 is 0 Å². The molecule has 21 heavy (non-hydrogen) atoms. The minimum Gasteiger partial charge on any atom is -0.332 e. The highest BCUT2D eigenvalue weighted by atomic mass is 79.9. The van der Waals surface area contributed by atoms with E-state index in [-0.39, 0.29) is 15.3 Å². The van der Waals surface area contributed by atoms with Crippen molar-refractivity contribution >= 4 is 44.6 Å². The quantitative estimate of drug-likeness (QED) is 0.714. The van der Waals surface area contributed by atoms with Crippen LogP contribution in [0, 0.1) is 25.5 Å². The van der Waals surface area contributed by atoms with Gasteiger partial charge in [-0.3, -0.25) is 0 Å². The molecule has 0 amide bonds. The minimum atomic E-state index is -0.716. The topological polar surface area (TPSA) is 24.1 Å². The van der Waals surface area contributed by atoms with Gasteiger partial charge in [-0.1, -0.05) is 12.1 Å². The van der Waals surface area contributed by atoms with E-state index in [0.29, 0.717) is 0 Å². The van der Waals surface area contributed by atoms with Gasteiger partial charge in [-0.25, -0.2) is 8.78 Å². The first-order chi connectivity index (χ1) is 9.88. The van der Waals surface area contributed by atoms with Crippen molar-refractivity contribution in [3.8, 4) is 0 Å². The molecule has 0 bridgehead atoms. The third-order valence-electron chi connectivity index (χ3n) is 3.10. The summed E-state index contributed by atoms with van der Waals surface area (Å²) in [5, 5.41) is 5.97. The Hall–Kier alpha value is -1.53. The Balaban J connectivity index is 2.18. The summed E-state index contributed by atoms with van der Waals surface area (Å²) in [4.78, 5) is 0. The highest BCUT2D eigenvalue weighted by Gasteiger charge is 2.11. The minimum absolute atomic E-state index is 0.0965. The number of aryl methyl sites for hydroxylation is 1. The summed E-state index contributed by atoms with van der Waals surface area (Å²) in [6, 6.07) is 7.75. The summed E-state index contributed by atoms with van der Waals surface area (Å²) >= 11 is 8.28. The average Bonchev–Trinajstić information content (AvgIpc) is 2.39. The van der Waals surface area contributed by atoms with Crippen LogP contribution in [0.15, 0.2) is 34.8 Å². The Bertz CT molecular complexity index is 681. The maximum atomic E-state index is 13.7. The number of rotatable bonds is 2. The number of anilines is 2. The molecule has 2 aromatic carbocycles. The van der Waals surface area contributed by atoms with Crippen molar-refractivity contribution < 1.29 is 8.78 Å². The molecule has 2 aromatic rings. The molecule has 0 heterocycles. The van der Waals surface area contributed by atoms with Gasteiger partial charge < -0.3 is 10.6 Å². The van der Waals surface area contributed by atoms with E-state index < -0.39 is 11.6 Å². The number of halogens is 3. The summed E-state index contributed by atoms with van der Waals surface area (Å²) in [7, 11) is 0. The fourth-order valence-electron chi connectivity index (χ4n) is 1.82. The molecule has 0 radical (unpaired) electrons. The summed E-state index contributed by atoms with van der Waals surface area (Å²) in [6.45, 7) is 3.96. The molecule has 0 aromatic heterocycles. The summed E-state index contributed by atoms with van der Waals surface area (Å²) in [5.74, 6) is -1.37. The van der Waals surface area contributed by atoms with Crippen LogP contribution in [0.25, 0.3) is 0 Å². The Kier molecular flexibility index (Phi) is 4.90. The van der Waals surface area contributed by atoms with Crippen molar-refractivity contribution in [2.75, 3.05) is 10.6 Å². The molecule has 0 saturated heterocycles. The molecule has 6 heteroatoms. The number of hydrogen-bond acceptors (Lipinski definition) is 1. The van der Waals surface area contributed by atoms with Gasteiger partial charge in [0.25, 0.3) is 0 Å². The zero-order valence-electron chi connectivity index (χ0n) is 11.4. The molecular formula is C15H13BrF2N2S. The molecule has 0 atom stereocenters. The molecule has 0 fully saturated rings. The van der Waals surface area contributed by atoms with Crippen molar-refractivity contribution in [1.82, 2.24) is 0 Å². The van der Waals surface area contributed by atoms with Crippen LogP contribution in [-0.2, 0) is 0 Å². The van der Waals surface area contributed by atoms with Crippen LogP contribution in [-0.4, -0.2) is 5.11 Å². The van der Waals surface area contributed by atoms with Gasteiger partial charge in [-0.05, 0) is 65.3 Å². The maximum absolute atomic E-state index is 13.7. The van der Waals surface area contributed by atoms with E-state index in [9.17, 15) is 8.78 Å². The van der Waals surface area contributed by atoms with Crippen molar-refractivity contribution in [3.05, 3.63) is 57.6 Å². The number of nitrogens with one attached hydrogen (secondary N) is 2. The lowest BCUT2D eigenvalue weighted by atomic mass is 10.1. The van der Waals surface area contributed by atoms with Crippen LogP contribution in [0.1, 0.15) is 11.1 Å². The van der Waals surface area contributed by atoms with Gasteiger partial charge in [0.1, 0.15) is 5.82 Å². The second kappa shape index (κ2) is 6.49. The van der Waals surface area contributed by atoms with Gasteiger partial charge in [0.15, 0.2) is 10.9 Å². The fraction of sp³-hybridized carbons (Fsp3) is 0.133. The average molecular weight is 371 g/mol. The standard InChI is InChI=1S/C15H13BrF2N2S/c1-8-4-3-5-13(9(8)2)19-15(21)20-14-11(16)6-10(17)7-12(14)18/h3-7H,1-2H3,(H2,19,20,21). The largest absolute Gasteiger partial charge is 0.332 e. The molecule has 2 N–H and O–H groups in total. The summed E-state index contributed by atoms with van der Waals surface area (Å²) in [6.07, 6.45) is 0. The van der Waals surface area contributed by atoms with E-state index in [4.69, 9.17) is 12.2 Å². The van der Waals surface area contributed by atoms with Gasteiger partial charge >= 0.3 is 0 Å². The highest BCUT2D eigenvalue weighted by Crippen LogP contribution is 2.27. The molecule has 2 nitrogen and oxygen atoms in total. The second-order valence-electron chi connectivity index (χ2n) is 4.57. The van der Waals surface area contributed by atoms with Crippen LogP contribution >= 0.6 is 28.1 Å². The number of benzene rings is 2. The van der Waals surface area contributed by atoms with Crippen LogP contribution < -0.4 is 10.6 Å². The first-order valence-corrected chi connectivity index (χ1v) is 7.37. The molecule has 0 unspecified atom stereocenters. The molecule has 2 rings (SSSR count). The van der Waals surface area contributed by atoms with Gasteiger partial charge in [-0.2, -0.15) is 0 Å². The van der Waals surface area contributed by atoms with E-state index in [2.05, 4.69) is 26.6 Å². The Morgan fingerprint density at radius 2 is 1.86 bits per heavy atom. The molecule has 0 aliphatic carbocycles. The zero-order valence-corrected chi connectivity index (χ0v) is 13.8. The zero-order chi connectivity index (χ0) is 15.6.